The summed E-state index contributed by atoms with van der Waals surface area (Å²) in [5, 5.41) is 0. The van der Waals surface area contributed by atoms with Crippen LogP contribution in [0.25, 0.3) is 0 Å². The zero-order valence-corrected chi connectivity index (χ0v) is 14.0. The molecule has 1 aromatic heterocycles. The molecular formula is C15H15Br2NO. The van der Waals surface area contributed by atoms with Crippen molar-refractivity contribution >= 4 is 21.7 Å². The maximum absolute atomic E-state index is 12.2. The molecule has 0 N–H and O–H groups in total. The molecular weight excluding hydrogens is 370 g/mol. The van der Waals surface area contributed by atoms with Crippen LogP contribution < -0.4 is 21.5 Å². The lowest BCUT2D eigenvalue weighted by Crippen LogP contribution is -3.00. The number of halogens is 2. The predicted molar refractivity (Wildman–Crippen MR) is 74.6 cm³/mol. The van der Waals surface area contributed by atoms with Crippen molar-refractivity contribution < 1.29 is 26.3 Å². The summed E-state index contributed by atoms with van der Waals surface area (Å²) in [6, 6.07) is 9.61. The molecule has 2 rings (SSSR count). The number of ketones is 1. The molecule has 0 fully saturated rings. The van der Waals surface area contributed by atoms with Crippen LogP contribution in [0.15, 0.2) is 47.2 Å². The molecule has 0 spiro atoms. The molecule has 0 saturated heterocycles. The molecule has 1 aromatic carbocycles. The monoisotopic (exact) mass is 383 g/mol. The van der Waals surface area contributed by atoms with Crippen LogP contribution in [0, 0.1) is 13.8 Å². The van der Waals surface area contributed by atoms with Crippen molar-refractivity contribution in [2.24, 2.45) is 0 Å². The van der Waals surface area contributed by atoms with Gasteiger partial charge in [-0.05, 0) is 26.0 Å². The molecule has 4 heteroatoms. The van der Waals surface area contributed by atoms with Crippen molar-refractivity contribution in [3.8, 4) is 0 Å². The fraction of sp³-hybridized carbons (Fsp3) is 0.200. The Hall–Kier alpha value is -1.000. The van der Waals surface area contributed by atoms with Gasteiger partial charge in [-0.15, -0.1) is 0 Å². The summed E-state index contributed by atoms with van der Waals surface area (Å²) in [6.45, 7) is 4.43. The summed E-state index contributed by atoms with van der Waals surface area (Å²) in [6.07, 6.45) is 3.98. The summed E-state index contributed by atoms with van der Waals surface area (Å²) in [5.74, 6) is 0.109. The molecule has 0 radical (unpaired) electrons. The molecule has 0 aliphatic rings. The Morgan fingerprint density at radius 1 is 1.16 bits per heavy atom. The highest BCUT2D eigenvalue weighted by atomic mass is 79.9. The van der Waals surface area contributed by atoms with Gasteiger partial charge in [-0.1, -0.05) is 34.1 Å². The lowest BCUT2D eigenvalue weighted by molar-refractivity contribution is -0.683. The fourth-order valence-corrected chi connectivity index (χ4v) is 2.53. The van der Waals surface area contributed by atoms with Crippen molar-refractivity contribution in [3.05, 3.63) is 63.9 Å². The molecule has 0 aliphatic heterocycles. The lowest BCUT2D eigenvalue weighted by Gasteiger charge is -2.02. The van der Waals surface area contributed by atoms with E-state index in [9.17, 15) is 4.79 Å². The average Bonchev–Trinajstić information content (AvgIpc) is 2.27. The van der Waals surface area contributed by atoms with E-state index in [0.717, 1.165) is 21.2 Å². The molecule has 0 atom stereocenters. The minimum absolute atomic E-state index is 0. The number of aryl methyl sites for hydroxylation is 2. The van der Waals surface area contributed by atoms with E-state index in [1.165, 1.54) is 0 Å². The van der Waals surface area contributed by atoms with Gasteiger partial charge in [-0.25, -0.2) is 0 Å². The number of pyridine rings is 1. The summed E-state index contributed by atoms with van der Waals surface area (Å²) in [5.41, 5.74) is 3.05. The molecule has 0 unspecified atom stereocenters. The van der Waals surface area contributed by atoms with E-state index in [-0.39, 0.29) is 22.8 Å². The highest BCUT2D eigenvalue weighted by molar-refractivity contribution is 9.10. The second kappa shape index (κ2) is 6.96. The number of rotatable bonds is 3. The number of aromatic nitrogens is 1. The maximum atomic E-state index is 12.2. The van der Waals surface area contributed by atoms with Gasteiger partial charge < -0.3 is 17.0 Å². The van der Waals surface area contributed by atoms with Crippen molar-refractivity contribution in [2.75, 3.05) is 0 Å². The van der Waals surface area contributed by atoms with Crippen LogP contribution in [-0.4, -0.2) is 5.78 Å². The zero-order valence-electron chi connectivity index (χ0n) is 10.9. The Morgan fingerprint density at radius 2 is 1.74 bits per heavy atom. The van der Waals surface area contributed by atoms with Crippen LogP contribution in [-0.2, 0) is 6.54 Å². The number of hydrogen-bond acceptors (Lipinski definition) is 1. The van der Waals surface area contributed by atoms with Crippen LogP contribution in [0.3, 0.4) is 0 Å². The largest absolute Gasteiger partial charge is 1.00 e. The molecule has 0 amide bonds. The first-order chi connectivity index (χ1) is 8.56. The predicted octanol–water partition coefficient (Wildman–Crippen LogP) is 0.240. The Kier molecular flexibility index (Phi) is 5.88. The molecule has 1 heterocycles. The Balaban J connectivity index is 0.00000180. The van der Waals surface area contributed by atoms with Gasteiger partial charge in [0, 0.05) is 21.2 Å². The average molecular weight is 385 g/mol. The van der Waals surface area contributed by atoms with Crippen molar-refractivity contribution in [1.82, 2.24) is 0 Å². The van der Waals surface area contributed by atoms with Crippen molar-refractivity contribution in [1.29, 1.82) is 0 Å². The van der Waals surface area contributed by atoms with E-state index < -0.39 is 0 Å². The van der Waals surface area contributed by atoms with Gasteiger partial charge >= 0.3 is 0 Å². The van der Waals surface area contributed by atoms with Gasteiger partial charge in [-0.3, -0.25) is 4.79 Å². The van der Waals surface area contributed by atoms with Gasteiger partial charge in [-0.2, -0.15) is 4.57 Å². The minimum atomic E-state index is 0. The quantitative estimate of drug-likeness (QED) is 0.548. The van der Waals surface area contributed by atoms with E-state index >= 15 is 0 Å². The highest BCUT2D eigenvalue weighted by Gasteiger charge is 2.15. The van der Waals surface area contributed by atoms with Crippen LogP contribution in [0.4, 0.5) is 0 Å². The third kappa shape index (κ3) is 4.25. The first-order valence-corrected chi connectivity index (χ1v) is 6.60. The number of hydrogen-bond donors (Lipinski definition) is 0. The van der Waals surface area contributed by atoms with Gasteiger partial charge in [0.2, 0.25) is 12.3 Å². The van der Waals surface area contributed by atoms with E-state index in [2.05, 4.69) is 22.0 Å². The first kappa shape index (κ1) is 16.1. The van der Waals surface area contributed by atoms with Gasteiger partial charge in [0.05, 0.1) is 0 Å². The first-order valence-electron chi connectivity index (χ1n) is 5.81. The van der Waals surface area contributed by atoms with E-state index in [0.29, 0.717) is 6.54 Å². The smallest absolute Gasteiger partial charge is 0.228 e. The zero-order chi connectivity index (χ0) is 13.1. The molecule has 0 saturated carbocycles. The van der Waals surface area contributed by atoms with Crippen molar-refractivity contribution in [2.45, 2.75) is 20.4 Å². The lowest BCUT2D eigenvalue weighted by atomic mass is 10.1. The van der Waals surface area contributed by atoms with Crippen LogP contribution in [0.5, 0.6) is 0 Å². The number of carbonyl (C=O) groups excluding carboxylic acids is 1. The SMILES string of the molecule is Cc1cc(C)c[n+](CC(=O)c2ccccc2Br)c1.[Br-]. The Morgan fingerprint density at radius 3 is 2.32 bits per heavy atom. The standard InChI is InChI=1S/C15H15BrNO.BrH/c1-11-7-12(2)9-17(8-11)10-15(18)13-5-3-4-6-14(13)16;/h3-9H,10H2,1-2H3;1H/q+1;/p-1. The summed E-state index contributed by atoms with van der Waals surface area (Å²) in [7, 11) is 0. The number of carbonyl (C=O) groups is 1. The van der Waals surface area contributed by atoms with Crippen LogP contribution in [0.2, 0.25) is 0 Å². The van der Waals surface area contributed by atoms with Crippen molar-refractivity contribution in [3.63, 3.8) is 0 Å². The maximum Gasteiger partial charge on any atom is 0.228 e. The van der Waals surface area contributed by atoms with Gasteiger partial charge in [0.25, 0.3) is 0 Å². The fourth-order valence-electron chi connectivity index (χ4n) is 2.02. The molecule has 100 valence electrons. The number of nitrogens with zero attached hydrogens (tertiary/aromatic N) is 1. The number of Topliss-reactive ketones (excluding diaryl/α,β-unsaturated/α-hetero) is 1. The Bertz CT molecular complexity index is 576. The van der Waals surface area contributed by atoms with E-state index in [1.54, 1.807) is 0 Å². The topological polar surface area (TPSA) is 20.9 Å². The summed E-state index contributed by atoms with van der Waals surface area (Å²) >= 11 is 3.41. The van der Waals surface area contributed by atoms with E-state index in [4.69, 9.17) is 0 Å². The van der Waals surface area contributed by atoms with Crippen LogP contribution >= 0.6 is 15.9 Å². The molecule has 2 nitrogen and oxygen atoms in total. The molecule has 0 bridgehead atoms. The second-order valence-corrected chi connectivity index (χ2v) is 5.32. The Labute approximate surface area is 132 Å². The highest BCUT2D eigenvalue weighted by Crippen LogP contribution is 2.16. The molecule has 0 aliphatic carbocycles. The number of benzene rings is 1. The van der Waals surface area contributed by atoms with Gasteiger partial charge in [0.1, 0.15) is 0 Å². The molecule has 19 heavy (non-hydrogen) atoms. The minimum Gasteiger partial charge on any atom is -1.00 e. The van der Waals surface area contributed by atoms with Gasteiger partial charge in [0.15, 0.2) is 12.4 Å². The second-order valence-electron chi connectivity index (χ2n) is 4.47. The summed E-state index contributed by atoms with van der Waals surface area (Å²) < 4.78 is 2.78. The molecule has 2 aromatic rings. The summed E-state index contributed by atoms with van der Waals surface area (Å²) in [4.78, 5) is 12.2. The van der Waals surface area contributed by atoms with Crippen LogP contribution in [0.1, 0.15) is 21.5 Å². The third-order valence-corrected chi connectivity index (χ3v) is 3.39. The van der Waals surface area contributed by atoms with E-state index in [1.807, 2.05) is 55.1 Å². The third-order valence-electron chi connectivity index (χ3n) is 2.69. The normalized spacial score (nSPS) is 9.84.